The number of halogens is 2. The molecule has 4 rings (SSSR count). The Morgan fingerprint density at radius 2 is 1.97 bits per heavy atom. The molecule has 152 valence electrons. The number of aromatic nitrogens is 3. The molecule has 0 atom stereocenters. The summed E-state index contributed by atoms with van der Waals surface area (Å²) in [6.45, 7) is 2.63. The number of likely N-dealkylation sites (N-methyl/N-ethyl adjacent to an activating group) is 1. The SMILES string of the molecule is CCN(C(=O)Cn1cccc1-c1nc(-c2ccc(F)c(Br)c2)no1)c1ccccc1. The van der Waals surface area contributed by atoms with Crippen LogP contribution in [0.2, 0.25) is 0 Å². The van der Waals surface area contributed by atoms with Crippen LogP contribution < -0.4 is 4.90 Å². The average Bonchev–Trinajstić information content (AvgIpc) is 3.41. The average molecular weight is 469 g/mol. The summed E-state index contributed by atoms with van der Waals surface area (Å²) in [5, 5.41) is 3.99. The zero-order valence-corrected chi connectivity index (χ0v) is 17.7. The van der Waals surface area contributed by atoms with Crippen molar-refractivity contribution in [3.63, 3.8) is 0 Å². The minimum Gasteiger partial charge on any atom is -0.334 e. The molecule has 0 bridgehead atoms. The number of carbonyl (C=O) groups excluding carboxylic acids is 1. The van der Waals surface area contributed by atoms with E-state index in [4.69, 9.17) is 4.52 Å². The van der Waals surface area contributed by atoms with Gasteiger partial charge >= 0.3 is 0 Å². The smallest absolute Gasteiger partial charge is 0.274 e. The van der Waals surface area contributed by atoms with Crippen LogP contribution in [-0.2, 0) is 11.3 Å². The van der Waals surface area contributed by atoms with Crippen LogP contribution >= 0.6 is 15.9 Å². The third kappa shape index (κ3) is 4.04. The van der Waals surface area contributed by atoms with Gasteiger partial charge in [-0.3, -0.25) is 4.79 Å². The minimum absolute atomic E-state index is 0.0525. The van der Waals surface area contributed by atoms with Crippen molar-refractivity contribution >= 4 is 27.5 Å². The fraction of sp³-hybridized carbons (Fsp3) is 0.136. The number of anilines is 1. The van der Waals surface area contributed by atoms with Gasteiger partial charge in [-0.1, -0.05) is 23.4 Å². The molecule has 2 heterocycles. The molecule has 0 aliphatic carbocycles. The maximum atomic E-state index is 13.5. The molecular weight excluding hydrogens is 451 g/mol. The highest BCUT2D eigenvalue weighted by Gasteiger charge is 2.19. The summed E-state index contributed by atoms with van der Waals surface area (Å²) in [7, 11) is 0. The molecule has 1 amide bonds. The van der Waals surface area contributed by atoms with Gasteiger partial charge in [-0.15, -0.1) is 0 Å². The molecule has 0 saturated carbocycles. The number of benzene rings is 2. The molecule has 0 radical (unpaired) electrons. The van der Waals surface area contributed by atoms with E-state index in [9.17, 15) is 9.18 Å². The van der Waals surface area contributed by atoms with E-state index in [1.807, 2.05) is 49.4 Å². The molecule has 6 nitrogen and oxygen atoms in total. The highest BCUT2D eigenvalue weighted by atomic mass is 79.9. The Labute approximate surface area is 181 Å². The molecule has 0 unspecified atom stereocenters. The van der Waals surface area contributed by atoms with Gasteiger partial charge in [-0.2, -0.15) is 4.98 Å². The fourth-order valence-electron chi connectivity index (χ4n) is 3.17. The van der Waals surface area contributed by atoms with Crippen molar-refractivity contribution in [2.45, 2.75) is 13.5 Å². The number of nitrogens with zero attached hydrogens (tertiary/aromatic N) is 4. The lowest BCUT2D eigenvalue weighted by Gasteiger charge is -2.21. The first-order chi connectivity index (χ1) is 14.6. The predicted octanol–water partition coefficient (Wildman–Crippen LogP) is 5.16. The van der Waals surface area contributed by atoms with Crippen molar-refractivity contribution in [2.24, 2.45) is 0 Å². The third-order valence-corrected chi connectivity index (χ3v) is 5.25. The molecule has 0 aliphatic heterocycles. The first kappa shape index (κ1) is 20.0. The van der Waals surface area contributed by atoms with Crippen molar-refractivity contribution in [3.05, 3.63) is 77.2 Å². The molecule has 8 heteroatoms. The molecule has 0 spiro atoms. The monoisotopic (exact) mass is 468 g/mol. The first-order valence-electron chi connectivity index (χ1n) is 9.37. The lowest BCUT2D eigenvalue weighted by molar-refractivity contribution is -0.119. The van der Waals surface area contributed by atoms with Crippen LogP contribution in [-0.4, -0.2) is 27.2 Å². The van der Waals surface area contributed by atoms with Gasteiger partial charge in [0.25, 0.3) is 5.89 Å². The van der Waals surface area contributed by atoms with Crippen LogP contribution in [0.15, 0.2) is 75.9 Å². The Bertz CT molecular complexity index is 1170. The highest BCUT2D eigenvalue weighted by molar-refractivity contribution is 9.10. The Morgan fingerprint density at radius 3 is 2.70 bits per heavy atom. The maximum absolute atomic E-state index is 13.5. The lowest BCUT2D eigenvalue weighted by Crippen LogP contribution is -2.33. The van der Waals surface area contributed by atoms with Crippen LogP contribution in [0.25, 0.3) is 23.0 Å². The maximum Gasteiger partial charge on any atom is 0.274 e. The Morgan fingerprint density at radius 1 is 1.17 bits per heavy atom. The van der Waals surface area contributed by atoms with E-state index in [-0.39, 0.29) is 24.2 Å². The molecule has 0 N–H and O–H groups in total. The van der Waals surface area contributed by atoms with Gasteiger partial charge in [0.2, 0.25) is 11.7 Å². The predicted molar refractivity (Wildman–Crippen MR) is 115 cm³/mol. The number of hydrogen-bond acceptors (Lipinski definition) is 4. The minimum atomic E-state index is -0.367. The van der Waals surface area contributed by atoms with Gasteiger partial charge in [0.1, 0.15) is 18.1 Å². The van der Waals surface area contributed by atoms with E-state index >= 15 is 0 Å². The van der Waals surface area contributed by atoms with E-state index in [0.717, 1.165) is 5.69 Å². The summed E-state index contributed by atoms with van der Waals surface area (Å²) in [5.41, 5.74) is 2.10. The first-order valence-corrected chi connectivity index (χ1v) is 10.2. The van der Waals surface area contributed by atoms with Gasteiger partial charge < -0.3 is 14.0 Å². The summed E-state index contributed by atoms with van der Waals surface area (Å²) in [6, 6.07) is 17.7. The Kier molecular flexibility index (Phi) is 5.76. The highest BCUT2D eigenvalue weighted by Crippen LogP contribution is 2.26. The second-order valence-corrected chi connectivity index (χ2v) is 7.40. The van der Waals surface area contributed by atoms with Gasteiger partial charge in [-0.25, -0.2) is 4.39 Å². The largest absolute Gasteiger partial charge is 0.334 e. The van der Waals surface area contributed by atoms with Gasteiger partial charge in [-0.05, 0) is 65.3 Å². The van der Waals surface area contributed by atoms with Crippen LogP contribution in [0.1, 0.15) is 6.92 Å². The normalized spacial score (nSPS) is 10.9. The molecule has 4 aromatic rings. The number of amides is 1. The molecule has 30 heavy (non-hydrogen) atoms. The van der Waals surface area contributed by atoms with Crippen molar-refractivity contribution in [1.29, 1.82) is 0 Å². The third-order valence-electron chi connectivity index (χ3n) is 4.64. The van der Waals surface area contributed by atoms with E-state index in [0.29, 0.717) is 28.1 Å². The van der Waals surface area contributed by atoms with E-state index in [1.54, 1.807) is 27.8 Å². The number of hydrogen-bond donors (Lipinski definition) is 0. The summed E-state index contributed by atoms with van der Waals surface area (Å²) in [6.07, 6.45) is 1.80. The summed E-state index contributed by atoms with van der Waals surface area (Å²) in [4.78, 5) is 19.1. The van der Waals surface area contributed by atoms with Gasteiger partial charge in [0, 0.05) is 24.0 Å². The quantitative estimate of drug-likeness (QED) is 0.392. The molecule has 0 fully saturated rings. The molecule has 2 aromatic heterocycles. The van der Waals surface area contributed by atoms with Crippen LogP contribution in [0, 0.1) is 5.82 Å². The Hall–Kier alpha value is -3.26. The summed E-state index contributed by atoms with van der Waals surface area (Å²) in [5.74, 6) is 0.201. The number of para-hydroxylation sites is 1. The van der Waals surface area contributed by atoms with Crippen LogP contribution in [0.3, 0.4) is 0 Å². The van der Waals surface area contributed by atoms with Crippen LogP contribution in [0.4, 0.5) is 10.1 Å². The summed E-state index contributed by atoms with van der Waals surface area (Å²) >= 11 is 3.16. The molecule has 0 aliphatic rings. The van der Waals surface area contributed by atoms with Crippen molar-refractivity contribution in [1.82, 2.24) is 14.7 Å². The standard InChI is InChI=1S/C22H18BrFN4O2/c1-2-28(16-7-4-3-5-8-16)20(29)14-27-12-6-9-19(27)22-25-21(26-30-22)15-10-11-18(24)17(23)13-15/h3-13H,2,14H2,1H3. The van der Waals surface area contributed by atoms with E-state index in [2.05, 4.69) is 26.1 Å². The second-order valence-electron chi connectivity index (χ2n) is 6.55. The zero-order chi connectivity index (χ0) is 21.1. The lowest BCUT2D eigenvalue weighted by atomic mass is 10.2. The molecule has 2 aromatic carbocycles. The topological polar surface area (TPSA) is 64.2 Å². The molecular formula is C22H18BrFN4O2. The van der Waals surface area contributed by atoms with Gasteiger partial charge in [0.15, 0.2) is 0 Å². The molecule has 0 saturated heterocycles. The van der Waals surface area contributed by atoms with Crippen molar-refractivity contribution < 1.29 is 13.7 Å². The van der Waals surface area contributed by atoms with E-state index in [1.165, 1.54) is 6.07 Å². The van der Waals surface area contributed by atoms with Crippen molar-refractivity contribution in [3.8, 4) is 23.0 Å². The second kappa shape index (κ2) is 8.62. The summed E-state index contributed by atoms with van der Waals surface area (Å²) < 4.78 is 21.0. The van der Waals surface area contributed by atoms with Crippen LogP contribution in [0.5, 0.6) is 0 Å². The van der Waals surface area contributed by atoms with Crippen molar-refractivity contribution in [2.75, 3.05) is 11.4 Å². The Balaban J connectivity index is 1.57. The van der Waals surface area contributed by atoms with E-state index < -0.39 is 0 Å². The zero-order valence-electron chi connectivity index (χ0n) is 16.1. The fourth-order valence-corrected chi connectivity index (χ4v) is 3.55. The van der Waals surface area contributed by atoms with Gasteiger partial charge in [0.05, 0.1) is 4.47 Å². The number of carbonyl (C=O) groups is 1. The number of rotatable bonds is 6.